The molecule has 0 aliphatic rings. The van der Waals surface area contributed by atoms with Crippen molar-refractivity contribution in [2.24, 2.45) is 5.73 Å². The Balaban J connectivity index is 2.13. The van der Waals surface area contributed by atoms with Crippen LogP contribution in [0.1, 0.15) is 27.8 Å². The lowest BCUT2D eigenvalue weighted by molar-refractivity contribution is 0.303. The first-order valence-corrected chi connectivity index (χ1v) is 7.08. The quantitative estimate of drug-likeness (QED) is 0.898. The van der Waals surface area contributed by atoms with Crippen molar-refractivity contribution >= 4 is 0 Å². The molecule has 0 atom stereocenters. The Morgan fingerprint density at radius 2 is 1.60 bits per heavy atom. The van der Waals surface area contributed by atoms with Crippen molar-refractivity contribution in [1.29, 1.82) is 0 Å². The van der Waals surface area contributed by atoms with Gasteiger partial charge in [-0.15, -0.1) is 0 Å². The molecule has 0 spiro atoms. The minimum Gasteiger partial charge on any atom is -0.489 e. The van der Waals surface area contributed by atoms with Gasteiger partial charge in [0.15, 0.2) is 0 Å². The molecular weight excluding hydrogens is 246 g/mol. The first-order chi connectivity index (χ1) is 9.58. The molecule has 106 valence electrons. The molecule has 2 aromatic carbocycles. The minimum absolute atomic E-state index is 0.600. The average molecular weight is 269 g/mol. The van der Waals surface area contributed by atoms with Gasteiger partial charge in [-0.1, -0.05) is 47.0 Å². The lowest BCUT2D eigenvalue weighted by Gasteiger charge is -2.13. The normalized spacial score (nSPS) is 10.6. The standard InChI is InChI=1S/C18H23NO/c1-13-4-5-18(17(11-13)6-7-19)20-12-16-9-14(2)8-15(3)10-16/h4-5,8-11H,6-7,12,19H2,1-3H3. The molecule has 0 amide bonds. The number of nitrogens with two attached hydrogens (primary N) is 1. The first-order valence-electron chi connectivity index (χ1n) is 7.08. The molecule has 2 N–H and O–H groups in total. The van der Waals surface area contributed by atoms with E-state index in [1.807, 2.05) is 6.07 Å². The Morgan fingerprint density at radius 1 is 0.900 bits per heavy atom. The Kier molecular flexibility index (Phi) is 4.80. The predicted octanol–water partition coefficient (Wildman–Crippen LogP) is 3.69. The van der Waals surface area contributed by atoms with Gasteiger partial charge in [0.2, 0.25) is 0 Å². The summed E-state index contributed by atoms with van der Waals surface area (Å²) in [5.41, 5.74) is 11.9. The average Bonchev–Trinajstić information content (AvgIpc) is 2.37. The fourth-order valence-corrected chi connectivity index (χ4v) is 2.51. The number of hydrogen-bond acceptors (Lipinski definition) is 2. The highest BCUT2D eigenvalue weighted by molar-refractivity contribution is 5.37. The summed E-state index contributed by atoms with van der Waals surface area (Å²) in [6, 6.07) is 12.8. The second kappa shape index (κ2) is 6.58. The van der Waals surface area contributed by atoms with Gasteiger partial charge < -0.3 is 10.5 Å². The van der Waals surface area contributed by atoms with Crippen molar-refractivity contribution in [2.45, 2.75) is 33.8 Å². The maximum atomic E-state index is 5.99. The molecule has 2 aromatic rings. The highest BCUT2D eigenvalue weighted by Gasteiger charge is 2.04. The van der Waals surface area contributed by atoms with Crippen molar-refractivity contribution in [3.63, 3.8) is 0 Å². The molecule has 0 radical (unpaired) electrons. The number of hydrogen-bond donors (Lipinski definition) is 1. The smallest absolute Gasteiger partial charge is 0.123 e. The second-order valence-corrected chi connectivity index (χ2v) is 5.43. The summed E-state index contributed by atoms with van der Waals surface area (Å²) in [4.78, 5) is 0. The van der Waals surface area contributed by atoms with Crippen LogP contribution in [-0.4, -0.2) is 6.54 Å². The van der Waals surface area contributed by atoms with Crippen LogP contribution < -0.4 is 10.5 Å². The molecule has 2 heteroatoms. The van der Waals surface area contributed by atoms with Crippen molar-refractivity contribution in [3.8, 4) is 5.75 Å². The number of benzene rings is 2. The maximum Gasteiger partial charge on any atom is 0.123 e. The molecule has 0 bridgehead atoms. The first kappa shape index (κ1) is 14.6. The molecule has 0 fully saturated rings. The van der Waals surface area contributed by atoms with E-state index < -0.39 is 0 Å². The summed E-state index contributed by atoms with van der Waals surface area (Å²) in [5.74, 6) is 0.945. The molecule has 20 heavy (non-hydrogen) atoms. The van der Waals surface area contributed by atoms with Gasteiger partial charge in [0.1, 0.15) is 12.4 Å². The fourth-order valence-electron chi connectivity index (χ4n) is 2.51. The second-order valence-electron chi connectivity index (χ2n) is 5.43. The molecular formula is C18H23NO. The lowest BCUT2D eigenvalue weighted by Crippen LogP contribution is -2.06. The number of rotatable bonds is 5. The summed E-state index contributed by atoms with van der Waals surface area (Å²) in [5, 5.41) is 0. The van der Waals surface area contributed by atoms with Crippen LogP contribution in [0.4, 0.5) is 0 Å². The van der Waals surface area contributed by atoms with Crippen LogP contribution in [0.5, 0.6) is 5.75 Å². The van der Waals surface area contributed by atoms with Crippen LogP contribution in [0.3, 0.4) is 0 Å². The largest absolute Gasteiger partial charge is 0.489 e. The Morgan fingerprint density at radius 3 is 2.25 bits per heavy atom. The molecule has 0 unspecified atom stereocenters. The number of ether oxygens (including phenoxy) is 1. The van der Waals surface area contributed by atoms with E-state index in [1.54, 1.807) is 0 Å². The van der Waals surface area contributed by atoms with E-state index in [-0.39, 0.29) is 0 Å². The van der Waals surface area contributed by atoms with Gasteiger partial charge in [0.25, 0.3) is 0 Å². The van der Waals surface area contributed by atoms with Crippen LogP contribution in [0, 0.1) is 20.8 Å². The summed E-state index contributed by atoms with van der Waals surface area (Å²) in [6.45, 7) is 7.56. The Labute approximate surface area is 121 Å². The van der Waals surface area contributed by atoms with Gasteiger partial charge in [0.05, 0.1) is 0 Å². The summed E-state index contributed by atoms with van der Waals surface area (Å²) in [7, 11) is 0. The summed E-state index contributed by atoms with van der Waals surface area (Å²) < 4.78 is 5.99. The zero-order chi connectivity index (χ0) is 14.5. The topological polar surface area (TPSA) is 35.2 Å². The maximum absolute atomic E-state index is 5.99. The third-order valence-corrected chi connectivity index (χ3v) is 3.31. The summed E-state index contributed by atoms with van der Waals surface area (Å²) in [6.07, 6.45) is 0.851. The van der Waals surface area contributed by atoms with Gasteiger partial charge >= 0.3 is 0 Å². The van der Waals surface area contributed by atoms with Crippen molar-refractivity contribution in [1.82, 2.24) is 0 Å². The Hall–Kier alpha value is -1.80. The van der Waals surface area contributed by atoms with Crippen molar-refractivity contribution < 1.29 is 4.74 Å². The Bertz CT molecular complexity index is 570. The lowest BCUT2D eigenvalue weighted by atomic mass is 10.1. The van der Waals surface area contributed by atoms with Crippen molar-refractivity contribution in [3.05, 3.63) is 64.2 Å². The fraction of sp³-hybridized carbons (Fsp3) is 0.333. The minimum atomic E-state index is 0.600. The number of aryl methyl sites for hydroxylation is 3. The zero-order valence-corrected chi connectivity index (χ0v) is 12.6. The van der Waals surface area contributed by atoms with E-state index in [4.69, 9.17) is 10.5 Å². The van der Waals surface area contributed by atoms with E-state index >= 15 is 0 Å². The van der Waals surface area contributed by atoms with E-state index in [0.29, 0.717) is 13.2 Å². The monoisotopic (exact) mass is 269 g/mol. The SMILES string of the molecule is Cc1cc(C)cc(COc2ccc(C)cc2CCN)c1. The molecule has 0 aliphatic carbocycles. The van der Waals surface area contributed by atoms with Gasteiger partial charge in [-0.2, -0.15) is 0 Å². The van der Waals surface area contributed by atoms with E-state index in [1.165, 1.54) is 27.8 Å². The molecule has 2 rings (SSSR count). The molecule has 0 saturated heterocycles. The van der Waals surface area contributed by atoms with Crippen LogP contribution in [0.15, 0.2) is 36.4 Å². The highest BCUT2D eigenvalue weighted by atomic mass is 16.5. The van der Waals surface area contributed by atoms with Gasteiger partial charge in [-0.25, -0.2) is 0 Å². The van der Waals surface area contributed by atoms with E-state index in [9.17, 15) is 0 Å². The molecule has 0 aromatic heterocycles. The molecule has 0 saturated carbocycles. The zero-order valence-electron chi connectivity index (χ0n) is 12.6. The third kappa shape index (κ3) is 3.84. The van der Waals surface area contributed by atoms with Crippen LogP contribution in [0.2, 0.25) is 0 Å². The van der Waals surface area contributed by atoms with E-state index in [0.717, 1.165) is 12.2 Å². The molecule has 0 heterocycles. The van der Waals surface area contributed by atoms with Crippen LogP contribution in [0.25, 0.3) is 0 Å². The third-order valence-electron chi connectivity index (χ3n) is 3.31. The highest BCUT2D eigenvalue weighted by Crippen LogP contribution is 2.22. The van der Waals surface area contributed by atoms with Gasteiger partial charge in [0, 0.05) is 0 Å². The van der Waals surface area contributed by atoms with Gasteiger partial charge in [-0.05, 0) is 50.9 Å². The summed E-state index contributed by atoms with van der Waals surface area (Å²) >= 11 is 0. The molecule has 0 aliphatic heterocycles. The van der Waals surface area contributed by atoms with E-state index in [2.05, 4.69) is 51.1 Å². The molecule has 2 nitrogen and oxygen atoms in total. The van der Waals surface area contributed by atoms with Crippen LogP contribution >= 0.6 is 0 Å². The predicted molar refractivity (Wildman–Crippen MR) is 84.2 cm³/mol. The van der Waals surface area contributed by atoms with Crippen molar-refractivity contribution in [2.75, 3.05) is 6.54 Å². The van der Waals surface area contributed by atoms with Crippen LogP contribution in [-0.2, 0) is 13.0 Å². The van der Waals surface area contributed by atoms with Gasteiger partial charge in [-0.3, -0.25) is 0 Å².